The smallest absolute Gasteiger partial charge is 0.407 e. The molecule has 9 nitrogen and oxygen atoms in total. The molecule has 2 amide bonds. The van der Waals surface area contributed by atoms with Crippen LogP contribution in [0, 0.1) is 17.8 Å². The molecule has 1 aromatic heterocycles. The number of carbonyl (C=O) groups excluding carboxylic acids is 3. The Morgan fingerprint density at radius 1 is 1.05 bits per heavy atom. The molecule has 3 aromatic rings. The minimum atomic E-state index is -0.539. The fourth-order valence-electron chi connectivity index (χ4n) is 5.12. The molecule has 0 bridgehead atoms. The van der Waals surface area contributed by atoms with Crippen LogP contribution in [0.2, 0.25) is 5.28 Å². The van der Waals surface area contributed by atoms with Crippen molar-refractivity contribution in [2.45, 2.75) is 64.9 Å². The Balaban J connectivity index is 1.35. The van der Waals surface area contributed by atoms with Gasteiger partial charge < -0.3 is 15.4 Å². The summed E-state index contributed by atoms with van der Waals surface area (Å²) in [5.74, 6) is 0.0797. The first-order valence-corrected chi connectivity index (χ1v) is 15.4. The fourth-order valence-corrected chi connectivity index (χ4v) is 5.51. The predicted molar refractivity (Wildman–Crippen MR) is 166 cm³/mol. The average Bonchev–Trinajstić information content (AvgIpc) is 3.38. The Morgan fingerprint density at radius 3 is 2.31 bits per heavy atom. The lowest BCUT2D eigenvalue weighted by atomic mass is 9.77. The maximum Gasteiger partial charge on any atom is 0.407 e. The molecular formula is C31H37BrClN5O4. The summed E-state index contributed by atoms with van der Waals surface area (Å²) in [6.45, 7) is 6.04. The number of benzene rings is 2. The summed E-state index contributed by atoms with van der Waals surface area (Å²) >= 11 is 9.29. The zero-order valence-corrected chi connectivity index (χ0v) is 26.4. The topological polar surface area (TPSA) is 126 Å². The van der Waals surface area contributed by atoms with Crippen LogP contribution in [0.3, 0.4) is 0 Å². The molecule has 2 aromatic carbocycles. The molecule has 1 aliphatic rings. The van der Waals surface area contributed by atoms with Crippen molar-refractivity contribution in [3.05, 3.63) is 63.9 Å². The van der Waals surface area contributed by atoms with E-state index in [0.29, 0.717) is 30.4 Å². The molecule has 0 aliphatic heterocycles. The van der Waals surface area contributed by atoms with Gasteiger partial charge in [0.15, 0.2) is 5.82 Å². The van der Waals surface area contributed by atoms with Gasteiger partial charge >= 0.3 is 6.09 Å². The quantitative estimate of drug-likeness (QED) is 0.216. The molecule has 42 heavy (non-hydrogen) atoms. The molecule has 0 spiro atoms. The van der Waals surface area contributed by atoms with E-state index in [1.54, 1.807) is 24.3 Å². The number of hydrogen-bond acceptors (Lipinski definition) is 6. The minimum absolute atomic E-state index is 0.0875. The fraction of sp³-hybridized carbons (Fsp3) is 0.452. The molecule has 1 atom stereocenters. The molecule has 0 saturated heterocycles. The molecule has 1 saturated carbocycles. The number of amides is 2. The highest BCUT2D eigenvalue weighted by molar-refractivity contribution is 9.10. The molecular weight excluding hydrogens is 622 g/mol. The largest absolute Gasteiger partial charge is 0.444 e. The number of nitrogens with zero attached hydrogens (tertiary/aromatic N) is 2. The van der Waals surface area contributed by atoms with Crippen molar-refractivity contribution in [2.24, 2.45) is 17.8 Å². The maximum atomic E-state index is 13.5. The first-order chi connectivity index (χ1) is 19.9. The van der Waals surface area contributed by atoms with Gasteiger partial charge in [-0.15, -0.1) is 0 Å². The highest BCUT2D eigenvalue weighted by Gasteiger charge is 2.30. The predicted octanol–water partition coefficient (Wildman–Crippen LogP) is 6.98. The van der Waals surface area contributed by atoms with Crippen molar-refractivity contribution in [1.29, 1.82) is 0 Å². The average molecular weight is 659 g/mol. The number of Topliss-reactive ketones (excluding diaryl/α,β-unsaturated/α-hetero) is 1. The highest BCUT2D eigenvalue weighted by atomic mass is 79.9. The van der Waals surface area contributed by atoms with Crippen molar-refractivity contribution in [3.8, 4) is 11.4 Å². The second kappa shape index (κ2) is 14.3. The van der Waals surface area contributed by atoms with E-state index in [-0.39, 0.29) is 29.3 Å². The van der Waals surface area contributed by atoms with Crippen molar-refractivity contribution in [1.82, 2.24) is 20.5 Å². The van der Waals surface area contributed by atoms with Gasteiger partial charge in [-0.2, -0.15) is 10.1 Å². The number of nitrogens with one attached hydrogen (secondary N) is 3. The van der Waals surface area contributed by atoms with E-state index in [4.69, 9.17) is 16.3 Å². The van der Waals surface area contributed by atoms with Gasteiger partial charge in [0.05, 0.1) is 0 Å². The Labute approximate surface area is 259 Å². The monoisotopic (exact) mass is 657 g/mol. The number of carbonyl (C=O) groups is 3. The van der Waals surface area contributed by atoms with Gasteiger partial charge in [-0.3, -0.25) is 9.59 Å². The van der Waals surface area contributed by atoms with E-state index in [2.05, 4.69) is 41.7 Å². The summed E-state index contributed by atoms with van der Waals surface area (Å²) in [4.78, 5) is 43.0. The van der Waals surface area contributed by atoms with Crippen LogP contribution in [0.4, 0.5) is 10.5 Å². The number of rotatable bonds is 10. The normalized spacial score (nSPS) is 17.7. The summed E-state index contributed by atoms with van der Waals surface area (Å²) in [5, 5.41) is 12.7. The van der Waals surface area contributed by atoms with Gasteiger partial charge in [0.2, 0.25) is 11.2 Å². The molecule has 4 rings (SSSR count). The number of halogens is 2. The molecule has 1 fully saturated rings. The van der Waals surface area contributed by atoms with Crippen molar-refractivity contribution in [3.63, 3.8) is 0 Å². The second-order valence-electron chi connectivity index (χ2n) is 11.8. The van der Waals surface area contributed by atoms with Crippen LogP contribution in [0.5, 0.6) is 0 Å². The van der Waals surface area contributed by atoms with E-state index in [9.17, 15) is 14.4 Å². The molecule has 0 unspecified atom stereocenters. The first-order valence-electron chi connectivity index (χ1n) is 14.2. The van der Waals surface area contributed by atoms with Gasteiger partial charge in [0, 0.05) is 40.5 Å². The van der Waals surface area contributed by atoms with E-state index in [1.807, 2.05) is 45.0 Å². The van der Waals surface area contributed by atoms with Gasteiger partial charge in [0.25, 0.3) is 0 Å². The zero-order chi connectivity index (χ0) is 30.3. The van der Waals surface area contributed by atoms with Crippen LogP contribution in [0.1, 0.15) is 58.4 Å². The van der Waals surface area contributed by atoms with Gasteiger partial charge in [0.1, 0.15) is 11.4 Å². The summed E-state index contributed by atoms with van der Waals surface area (Å²) in [5.41, 5.74) is 1.83. The van der Waals surface area contributed by atoms with Gasteiger partial charge in [-0.1, -0.05) is 28.1 Å². The molecule has 0 radical (unpaired) electrons. The lowest BCUT2D eigenvalue weighted by Crippen LogP contribution is -2.37. The lowest BCUT2D eigenvalue weighted by molar-refractivity contribution is -0.129. The molecule has 1 aliphatic carbocycles. The van der Waals surface area contributed by atoms with E-state index in [1.165, 1.54) is 0 Å². The summed E-state index contributed by atoms with van der Waals surface area (Å²) < 4.78 is 6.28. The maximum absolute atomic E-state index is 13.5. The highest BCUT2D eigenvalue weighted by Crippen LogP contribution is 2.31. The number of ketones is 1. The van der Waals surface area contributed by atoms with Crippen molar-refractivity contribution >= 4 is 51.0 Å². The van der Waals surface area contributed by atoms with Crippen LogP contribution in [0.15, 0.2) is 53.0 Å². The Morgan fingerprint density at radius 2 is 1.71 bits per heavy atom. The SMILES string of the molecule is CC(C)(C)OC(=O)NCC1CCC(C(=O)C[C@@H](Cc2ccc(Br)cc2)C(=O)Nc2ccc(-c3n[nH]c(Cl)n3)cc2)CC1. The van der Waals surface area contributed by atoms with Crippen molar-refractivity contribution < 1.29 is 19.1 Å². The van der Waals surface area contributed by atoms with Crippen LogP contribution >= 0.6 is 27.5 Å². The Hall–Kier alpha value is -3.24. The standard InChI is InChI=1S/C31H37BrClN5O4/c1-31(2,3)42-30(41)34-18-20-4-8-21(9-5-20)26(39)17-23(16-19-6-12-24(32)13-7-19)28(40)35-25-14-10-22(11-15-25)27-36-29(33)38-37-27/h6-7,10-15,20-21,23H,4-5,8-9,16-18H2,1-3H3,(H,34,41)(H,35,40)(H,36,37,38)/t20?,21?,23-/m1/s1. The van der Waals surface area contributed by atoms with E-state index < -0.39 is 17.6 Å². The number of anilines is 1. The zero-order valence-electron chi connectivity index (χ0n) is 24.1. The summed E-state index contributed by atoms with van der Waals surface area (Å²) in [7, 11) is 0. The molecule has 1 heterocycles. The third-order valence-electron chi connectivity index (χ3n) is 7.32. The number of ether oxygens (including phenoxy) is 1. The van der Waals surface area contributed by atoms with Crippen LogP contribution in [-0.4, -0.2) is 45.1 Å². The first kappa shape index (κ1) is 31.7. The van der Waals surface area contributed by atoms with E-state index in [0.717, 1.165) is 41.3 Å². The van der Waals surface area contributed by atoms with Crippen LogP contribution in [0.25, 0.3) is 11.4 Å². The van der Waals surface area contributed by atoms with Crippen LogP contribution < -0.4 is 10.6 Å². The third kappa shape index (κ3) is 9.66. The molecule has 3 N–H and O–H groups in total. The van der Waals surface area contributed by atoms with Gasteiger partial charge in [-0.25, -0.2) is 9.89 Å². The van der Waals surface area contributed by atoms with Gasteiger partial charge in [-0.05, 0) is 112 Å². The third-order valence-corrected chi connectivity index (χ3v) is 8.02. The van der Waals surface area contributed by atoms with E-state index >= 15 is 0 Å². The number of aromatic amines is 1. The van der Waals surface area contributed by atoms with Crippen LogP contribution in [-0.2, 0) is 20.7 Å². The molecule has 11 heteroatoms. The number of H-pyrrole nitrogens is 1. The minimum Gasteiger partial charge on any atom is -0.444 e. The summed E-state index contributed by atoms with van der Waals surface area (Å²) in [6.07, 6.45) is 3.39. The lowest BCUT2D eigenvalue weighted by Gasteiger charge is -2.29. The molecule has 224 valence electrons. The number of aromatic nitrogens is 3. The Bertz CT molecular complexity index is 1360. The van der Waals surface area contributed by atoms with Crippen molar-refractivity contribution in [2.75, 3.05) is 11.9 Å². The number of alkyl carbamates (subject to hydrolysis) is 1. The summed E-state index contributed by atoms with van der Waals surface area (Å²) in [6, 6.07) is 15.0. The second-order valence-corrected chi connectivity index (χ2v) is 13.1. The number of hydrogen-bond donors (Lipinski definition) is 3. The Kier molecular flexibility index (Phi) is 10.8.